The second kappa shape index (κ2) is 6.96. The van der Waals surface area contributed by atoms with Gasteiger partial charge in [-0.1, -0.05) is 6.07 Å². The van der Waals surface area contributed by atoms with Crippen molar-refractivity contribution in [3.63, 3.8) is 0 Å². The van der Waals surface area contributed by atoms with Crippen LogP contribution in [0.1, 0.15) is 27.3 Å². The van der Waals surface area contributed by atoms with Gasteiger partial charge < -0.3 is 14.0 Å². The molecule has 0 spiro atoms. The van der Waals surface area contributed by atoms with Crippen LogP contribution in [-0.4, -0.2) is 17.1 Å². The molecule has 4 rings (SSSR count). The first-order valence-electron chi connectivity index (χ1n) is 8.71. The van der Waals surface area contributed by atoms with Crippen LogP contribution < -0.4 is 9.47 Å². The summed E-state index contributed by atoms with van der Waals surface area (Å²) >= 11 is 0. The summed E-state index contributed by atoms with van der Waals surface area (Å²) in [6.07, 6.45) is 2.76. The molecule has 0 fully saturated rings. The van der Waals surface area contributed by atoms with E-state index in [9.17, 15) is 13.6 Å². The second-order valence-corrected chi connectivity index (χ2v) is 6.49. The Balaban J connectivity index is 1.66. The van der Waals surface area contributed by atoms with Gasteiger partial charge in [-0.25, -0.2) is 8.78 Å². The first kappa shape index (κ1) is 18.0. The molecule has 0 bridgehead atoms. The van der Waals surface area contributed by atoms with Crippen molar-refractivity contribution < 1.29 is 23.0 Å². The van der Waals surface area contributed by atoms with Crippen LogP contribution in [0.15, 0.2) is 48.5 Å². The molecule has 4 nitrogen and oxygen atoms in total. The zero-order valence-electron chi connectivity index (χ0n) is 15.3. The quantitative estimate of drug-likeness (QED) is 0.472. The second-order valence-electron chi connectivity index (χ2n) is 6.49. The molecular formula is C22H17F2NO3. The van der Waals surface area contributed by atoms with E-state index < -0.39 is 23.0 Å². The molecule has 2 heterocycles. The molecule has 0 N–H and O–H groups in total. The Morgan fingerprint density at radius 3 is 2.50 bits per heavy atom. The number of carbonyl (C=O) groups is 1. The highest BCUT2D eigenvalue weighted by molar-refractivity contribution is 6.07. The molecule has 142 valence electrons. The maximum Gasteiger partial charge on any atom is 0.231 e. The molecular weight excluding hydrogens is 364 g/mol. The molecule has 1 aromatic heterocycles. The lowest BCUT2D eigenvalue weighted by atomic mass is 10.1. The average Bonchev–Trinajstić information content (AvgIpc) is 3.23. The highest BCUT2D eigenvalue weighted by Gasteiger charge is 2.17. The van der Waals surface area contributed by atoms with Gasteiger partial charge >= 0.3 is 0 Å². The highest BCUT2D eigenvalue weighted by atomic mass is 19.1. The number of allylic oxidation sites excluding steroid dienone is 1. The van der Waals surface area contributed by atoms with E-state index in [0.717, 1.165) is 34.8 Å². The number of hydrogen-bond acceptors (Lipinski definition) is 3. The maximum atomic E-state index is 13.8. The van der Waals surface area contributed by atoms with Gasteiger partial charge in [-0.15, -0.1) is 0 Å². The Labute approximate surface area is 160 Å². The first-order valence-corrected chi connectivity index (χ1v) is 8.71. The van der Waals surface area contributed by atoms with Crippen molar-refractivity contribution in [3.8, 4) is 17.2 Å². The number of aromatic nitrogens is 1. The van der Waals surface area contributed by atoms with Gasteiger partial charge in [0.05, 0.1) is 5.56 Å². The van der Waals surface area contributed by atoms with Crippen LogP contribution >= 0.6 is 0 Å². The number of ether oxygens (including phenoxy) is 2. The Kier molecular flexibility index (Phi) is 4.47. The number of rotatable bonds is 4. The minimum Gasteiger partial charge on any atom is -0.454 e. The Morgan fingerprint density at radius 2 is 1.75 bits per heavy atom. The fourth-order valence-electron chi connectivity index (χ4n) is 3.36. The van der Waals surface area contributed by atoms with E-state index in [1.807, 2.05) is 42.7 Å². The van der Waals surface area contributed by atoms with Gasteiger partial charge in [-0.05, 0) is 61.9 Å². The van der Waals surface area contributed by atoms with Crippen LogP contribution in [0, 0.1) is 25.5 Å². The van der Waals surface area contributed by atoms with Gasteiger partial charge in [0.1, 0.15) is 11.6 Å². The van der Waals surface area contributed by atoms with Gasteiger partial charge in [0.25, 0.3) is 0 Å². The molecule has 3 aromatic rings. The van der Waals surface area contributed by atoms with Crippen LogP contribution in [-0.2, 0) is 0 Å². The highest BCUT2D eigenvalue weighted by Crippen LogP contribution is 2.35. The smallest absolute Gasteiger partial charge is 0.231 e. The largest absolute Gasteiger partial charge is 0.454 e. The standard InChI is InChI=1S/C22H17F2NO3/c1-13-10-15(6-8-19(26)22-17(23)4-3-5-18(22)24)14(2)25(13)16-7-9-20-21(11-16)28-12-27-20/h3-11H,12H2,1-2H3/b8-6+. The molecule has 2 aromatic carbocycles. The van der Waals surface area contributed by atoms with Gasteiger partial charge in [-0.3, -0.25) is 4.79 Å². The normalized spacial score (nSPS) is 12.7. The lowest BCUT2D eigenvalue weighted by molar-refractivity contribution is 0.104. The zero-order valence-corrected chi connectivity index (χ0v) is 15.3. The maximum absolute atomic E-state index is 13.8. The lowest BCUT2D eigenvalue weighted by Gasteiger charge is -2.10. The lowest BCUT2D eigenvalue weighted by Crippen LogP contribution is -2.02. The van der Waals surface area contributed by atoms with E-state index in [4.69, 9.17) is 9.47 Å². The predicted molar refractivity (Wildman–Crippen MR) is 101 cm³/mol. The number of carbonyl (C=O) groups excluding carboxylic acids is 1. The monoisotopic (exact) mass is 381 g/mol. The van der Waals surface area contributed by atoms with Gasteiger partial charge in [-0.2, -0.15) is 0 Å². The van der Waals surface area contributed by atoms with E-state index >= 15 is 0 Å². The van der Waals surface area contributed by atoms with Gasteiger partial charge in [0.15, 0.2) is 17.3 Å². The number of aryl methyl sites for hydroxylation is 1. The third-order valence-electron chi connectivity index (χ3n) is 4.71. The molecule has 0 atom stereocenters. The number of fused-ring (bicyclic) bond motifs is 1. The summed E-state index contributed by atoms with van der Waals surface area (Å²) in [6.45, 7) is 4.05. The van der Waals surface area contributed by atoms with Gasteiger partial charge in [0, 0.05) is 23.1 Å². The summed E-state index contributed by atoms with van der Waals surface area (Å²) < 4.78 is 40.3. The number of benzene rings is 2. The Hall–Kier alpha value is -3.41. The summed E-state index contributed by atoms with van der Waals surface area (Å²) in [5, 5.41) is 0. The van der Waals surface area contributed by atoms with E-state index in [0.29, 0.717) is 11.5 Å². The molecule has 1 aliphatic rings. The van der Waals surface area contributed by atoms with Crippen molar-refractivity contribution in [1.82, 2.24) is 4.57 Å². The fraction of sp³-hybridized carbons (Fsp3) is 0.136. The Morgan fingerprint density at radius 1 is 1.04 bits per heavy atom. The number of halogens is 2. The summed E-state index contributed by atoms with van der Waals surface area (Å²) in [5.41, 5.74) is 2.95. The van der Waals surface area contributed by atoms with Crippen molar-refractivity contribution in [2.45, 2.75) is 13.8 Å². The third-order valence-corrected chi connectivity index (χ3v) is 4.71. The van der Waals surface area contributed by atoms with E-state index in [-0.39, 0.29) is 6.79 Å². The summed E-state index contributed by atoms with van der Waals surface area (Å²) in [6, 6.07) is 10.9. The fourth-order valence-corrected chi connectivity index (χ4v) is 3.36. The Bertz CT molecular complexity index is 1090. The molecule has 0 amide bonds. The molecule has 0 saturated carbocycles. The van der Waals surface area contributed by atoms with Crippen LogP contribution in [0.25, 0.3) is 11.8 Å². The minimum atomic E-state index is -0.875. The topological polar surface area (TPSA) is 40.5 Å². The van der Waals surface area contributed by atoms with E-state index in [1.165, 1.54) is 12.1 Å². The molecule has 0 saturated heterocycles. The van der Waals surface area contributed by atoms with Crippen molar-refractivity contribution in [3.05, 3.63) is 82.7 Å². The number of hydrogen-bond donors (Lipinski definition) is 0. The average molecular weight is 381 g/mol. The first-order chi connectivity index (χ1) is 13.5. The molecule has 0 radical (unpaired) electrons. The molecule has 6 heteroatoms. The number of ketones is 1. The molecule has 1 aliphatic heterocycles. The van der Waals surface area contributed by atoms with Crippen molar-refractivity contribution in [2.24, 2.45) is 0 Å². The summed E-state index contributed by atoms with van der Waals surface area (Å²) in [7, 11) is 0. The van der Waals surface area contributed by atoms with E-state index in [1.54, 1.807) is 6.08 Å². The molecule has 0 aliphatic carbocycles. The van der Waals surface area contributed by atoms with Gasteiger partial charge in [0.2, 0.25) is 6.79 Å². The molecule has 28 heavy (non-hydrogen) atoms. The number of nitrogens with zero attached hydrogens (tertiary/aromatic N) is 1. The predicted octanol–water partition coefficient (Wildman–Crippen LogP) is 5.00. The minimum absolute atomic E-state index is 0.200. The van der Waals surface area contributed by atoms with E-state index in [2.05, 4.69) is 0 Å². The molecule has 0 unspecified atom stereocenters. The summed E-state index contributed by atoms with van der Waals surface area (Å²) in [4.78, 5) is 12.3. The van der Waals surface area contributed by atoms with Crippen LogP contribution in [0.5, 0.6) is 11.5 Å². The summed E-state index contributed by atoms with van der Waals surface area (Å²) in [5.74, 6) is -1.10. The third kappa shape index (κ3) is 3.07. The van der Waals surface area contributed by atoms with Crippen LogP contribution in [0.4, 0.5) is 8.78 Å². The van der Waals surface area contributed by atoms with Crippen LogP contribution in [0.3, 0.4) is 0 Å². The zero-order chi connectivity index (χ0) is 19.8. The SMILES string of the molecule is Cc1cc(/C=C/C(=O)c2c(F)cccc2F)c(C)n1-c1ccc2c(c1)OCO2. The van der Waals surface area contributed by atoms with Crippen molar-refractivity contribution in [2.75, 3.05) is 6.79 Å². The van der Waals surface area contributed by atoms with Crippen molar-refractivity contribution in [1.29, 1.82) is 0 Å². The van der Waals surface area contributed by atoms with Crippen molar-refractivity contribution >= 4 is 11.9 Å². The van der Waals surface area contributed by atoms with Crippen LogP contribution in [0.2, 0.25) is 0 Å².